The summed E-state index contributed by atoms with van der Waals surface area (Å²) >= 11 is 9.08. The molecule has 0 bridgehead atoms. The van der Waals surface area contributed by atoms with E-state index in [1.165, 1.54) is 18.2 Å². The van der Waals surface area contributed by atoms with Gasteiger partial charge in [-0.15, -0.1) is 0 Å². The summed E-state index contributed by atoms with van der Waals surface area (Å²) in [4.78, 5) is 22.8. The van der Waals surface area contributed by atoms with Crippen molar-refractivity contribution in [3.63, 3.8) is 0 Å². The molecule has 1 amide bonds. The maximum absolute atomic E-state index is 11.9. The van der Waals surface area contributed by atoms with E-state index in [-0.39, 0.29) is 17.3 Å². The minimum absolute atomic E-state index is 0.256. The maximum atomic E-state index is 11.9. The molecule has 0 fully saturated rings. The zero-order valence-corrected chi connectivity index (χ0v) is 11.2. The van der Waals surface area contributed by atoms with Crippen molar-refractivity contribution >= 4 is 39.3 Å². The van der Waals surface area contributed by atoms with Crippen molar-refractivity contribution in [3.05, 3.63) is 55.7 Å². The fourth-order valence-electron chi connectivity index (χ4n) is 1.27. The molecule has 0 aliphatic heterocycles. The van der Waals surface area contributed by atoms with Crippen LogP contribution in [0.5, 0.6) is 0 Å². The highest BCUT2D eigenvalue weighted by atomic mass is 79.9. The number of aromatic amines is 1. The monoisotopic (exact) mass is 327 g/mol. The number of H-pyrrole nitrogens is 1. The summed E-state index contributed by atoms with van der Waals surface area (Å²) in [5.74, 6) is -0.115. The van der Waals surface area contributed by atoms with Gasteiger partial charge in [0.15, 0.2) is 5.82 Å². The SMILES string of the molecule is O=C(Nc1ccc(=O)[nH]n1)c1cc(Cl)ccc1Br. The van der Waals surface area contributed by atoms with E-state index in [9.17, 15) is 9.59 Å². The molecule has 7 heteroatoms. The molecule has 5 nitrogen and oxygen atoms in total. The Labute approximate surface area is 115 Å². The second-order valence-electron chi connectivity index (χ2n) is 3.38. The number of amides is 1. The van der Waals surface area contributed by atoms with E-state index < -0.39 is 0 Å². The number of rotatable bonds is 2. The molecule has 2 N–H and O–H groups in total. The topological polar surface area (TPSA) is 74.8 Å². The number of nitrogens with zero attached hydrogens (tertiary/aromatic N) is 1. The Morgan fingerprint density at radius 1 is 1.33 bits per heavy atom. The minimum atomic E-state index is -0.371. The third-order valence-electron chi connectivity index (χ3n) is 2.09. The number of anilines is 1. The number of benzene rings is 1. The number of hydrogen-bond donors (Lipinski definition) is 2. The van der Waals surface area contributed by atoms with Gasteiger partial charge in [0.05, 0.1) is 5.56 Å². The second-order valence-corrected chi connectivity index (χ2v) is 4.68. The predicted octanol–water partition coefficient (Wildman–Crippen LogP) is 2.44. The summed E-state index contributed by atoms with van der Waals surface area (Å²) in [6.07, 6.45) is 0. The molecule has 92 valence electrons. The van der Waals surface area contributed by atoms with Gasteiger partial charge < -0.3 is 5.32 Å². The quantitative estimate of drug-likeness (QED) is 0.889. The summed E-state index contributed by atoms with van der Waals surface area (Å²) in [6, 6.07) is 7.57. The van der Waals surface area contributed by atoms with Crippen LogP contribution in [0, 0.1) is 0 Å². The van der Waals surface area contributed by atoms with Crippen molar-refractivity contribution < 1.29 is 4.79 Å². The van der Waals surface area contributed by atoms with Crippen LogP contribution in [0.25, 0.3) is 0 Å². The lowest BCUT2D eigenvalue weighted by Gasteiger charge is -2.05. The molecule has 1 aromatic heterocycles. The van der Waals surface area contributed by atoms with E-state index in [2.05, 4.69) is 31.4 Å². The molecule has 0 radical (unpaired) electrons. The summed E-state index contributed by atoms with van der Waals surface area (Å²) in [5.41, 5.74) is 0.0486. The molecule has 18 heavy (non-hydrogen) atoms. The van der Waals surface area contributed by atoms with Crippen molar-refractivity contribution in [1.82, 2.24) is 10.2 Å². The van der Waals surface area contributed by atoms with E-state index >= 15 is 0 Å². The van der Waals surface area contributed by atoms with Crippen LogP contribution in [0.15, 0.2) is 39.6 Å². The van der Waals surface area contributed by atoms with Crippen molar-refractivity contribution in [3.8, 4) is 0 Å². The number of halogens is 2. The van der Waals surface area contributed by atoms with E-state index in [4.69, 9.17) is 11.6 Å². The second kappa shape index (κ2) is 5.32. The molecule has 0 saturated heterocycles. The molecule has 0 aliphatic rings. The molecule has 0 spiro atoms. The highest BCUT2D eigenvalue weighted by molar-refractivity contribution is 9.10. The molecule has 0 aliphatic carbocycles. The van der Waals surface area contributed by atoms with Gasteiger partial charge in [-0.2, -0.15) is 5.10 Å². The Kier molecular flexibility index (Phi) is 3.78. The molecule has 1 aromatic carbocycles. The summed E-state index contributed by atoms with van der Waals surface area (Å²) < 4.78 is 0.619. The lowest BCUT2D eigenvalue weighted by Crippen LogP contribution is -2.16. The molecule has 0 atom stereocenters. The maximum Gasteiger partial charge on any atom is 0.264 e. The van der Waals surface area contributed by atoms with Gasteiger partial charge in [0.2, 0.25) is 0 Å². The van der Waals surface area contributed by atoms with Crippen LogP contribution in [0.1, 0.15) is 10.4 Å². The zero-order chi connectivity index (χ0) is 13.1. The molecular weight excluding hydrogens is 321 g/mol. The van der Waals surface area contributed by atoms with Crippen LogP contribution in [0.3, 0.4) is 0 Å². The third kappa shape index (κ3) is 2.96. The summed E-state index contributed by atoms with van der Waals surface area (Å²) in [5, 5.41) is 8.90. The number of nitrogens with one attached hydrogen (secondary N) is 2. The van der Waals surface area contributed by atoms with Crippen LogP contribution in [-0.4, -0.2) is 16.1 Å². The number of hydrogen-bond acceptors (Lipinski definition) is 3. The first kappa shape index (κ1) is 12.8. The average Bonchev–Trinajstić information content (AvgIpc) is 2.35. The zero-order valence-electron chi connectivity index (χ0n) is 8.91. The summed E-state index contributed by atoms with van der Waals surface area (Å²) in [6.45, 7) is 0. The molecular formula is C11H7BrClN3O2. The fraction of sp³-hybridized carbons (Fsp3) is 0. The Hall–Kier alpha value is -1.66. The molecule has 2 aromatic rings. The van der Waals surface area contributed by atoms with Crippen LogP contribution in [-0.2, 0) is 0 Å². The number of carbonyl (C=O) groups excluding carboxylic acids is 1. The van der Waals surface area contributed by atoms with Gasteiger partial charge in [-0.05, 0) is 40.2 Å². The van der Waals surface area contributed by atoms with Gasteiger partial charge in [-0.25, -0.2) is 5.10 Å². The highest BCUT2D eigenvalue weighted by Gasteiger charge is 2.11. The standard InChI is InChI=1S/C11H7BrClN3O2/c12-8-2-1-6(13)5-7(8)11(18)14-9-3-4-10(17)16-15-9/h1-5H,(H,16,17)(H,14,15,18). The predicted molar refractivity (Wildman–Crippen MR) is 72.0 cm³/mol. The van der Waals surface area contributed by atoms with Crippen LogP contribution in [0.4, 0.5) is 5.82 Å². The largest absolute Gasteiger partial charge is 0.305 e. The average molecular weight is 329 g/mol. The van der Waals surface area contributed by atoms with Crippen molar-refractivity contribution in [1.29, 1.82) is 0 Å². The molecule has 1 heterocycles. The van der Waals surface area contributed by atoms with Gasteiger partial charge >= 0.3 is 0 Å². The normalized spacial score (nSPS) is 10.1. The van der Waals surface area contributed by atoms with Gasteiger partial charge in [0.25, 0.3) is 11.5 Å². The van der Waals surface area contributed by atoms with Gasteiger partial charge in [0.1, 0.15) is 0 Å². The number of carbonyl (C=O) groups is 1. The van der Waals surface area contributed by atoms with Crippen molar-refractivity contribution in [2.24, 2.45) is 0 Å². The van der Waals surface area contributed by atoms with Crippen LogP contribution >= 0.6 is 27.5 Å². The molecule has 0 unspecified atom stereocenters. The minimum Gasteiger partial charge on any atom is -0.305 e. The van der Waals surface area contributed by atoms with Gasteiger partial charge in [-0.3, -0.25) is 9.59 Å². The highest BCUT2D eigenvalue weighted by Crippen LogP contribution is 2.21. The van der Waals surface area contributed by atoms with E-state index in [0.717, 1.165) is 0 Å². The van der Waals surface area contributed by atoms with Gasteiger partial charge in [-0.1, -0.05) is 11.6 Å². The molecule has 0 saturated carbocycles. The summed E-state index contributed by atoms with van der Waals surface area (Å²) in [7, 11) is 0. The number of aromatic nitrogens is 2. The Balaban J connectivity index is 2.24. The van der Waals surface area contributed by atoms with Gasteiger partial charge in [0, 0.05) is 15.6 Å². The van der Waals surface area contributed by atoms with Crippen LogP contribution < -0.4 is 10.9 Å². The first-order chi connectivity index (χ1) is 8.56. The Bertz CT molecular complexity index is 636. The lowest BCUT2D eigenvalue weighted by atomic mass is 10.2. The Morgan fingerprint density at radius 2 is 2.11 bits per heavy atom. The smallest absolute Gasteiger partial charge is 0.264 e. The van der Waals surface area contributed by atoms with E-state index in [1.54, 1.807) is 12.1 Å². The lowest BCUT2D eigenvalue weighted by molar-refractivity contribution is 0.102. The first-order valence-corrected chi connectivity index (χ1v) is 6.05. The molecule has 2 rings (SSSR count). The van der Waals surface area contributed by atoms with Crippen LogP contribution in [0.2, 0.25) is 5.02 Å². The third-order valence-corrected chi connectivity index (χ3v) is 3.02. The Morgan fingerprint density at radius 3 is 2.78 bits per heavy atom. The first-order valence-electron chi connectivity index (χ1n) is 4.88. The van der Waals surface area contributed by atoms with E-state index in [1.807, 2.05) is 0 Å². The van der Waals surface area contributed by atoms with Crippen molar-refractivity contribution in [2.45, 2.75) is 0 Å². The van der Waals surface area contributed by atoms with E-state index in [0.29, 0.717) is 15.1 Å². The fourth-order valence-corrected chi connectivity index (χ4v) is 1.87. The van der Waals surface area contributed by atoms with Crippen molar-refractivity contribution in [2.75, 3.05) is 5.32 Å².